The molecule has 2 aromatic rings. The second kappa shape index (κ2) is 7.68. The molecule has 0 aliphatic carbocycles. The molecular formula is C17H15N3O4. The second-order valence-electron chi connectivity index (χ2n) is 4.90. The van der Waals surface area contributed by atoms with Crippen molar-refractivity contribution in [2.24, 2.45) is 0 Å². The van der Waals surface area contributed by atoms with Crippen molar-refractivity contribution >= 4 is 35.0 Å². The van der Waals surface area contributed by atoms with Crippen molar-refractivity contribution in [1.82, 2.24) is 0 Å². The number of benzene rings is 2. The summed E-state index contributed by atoms with van der Waals surface area (Å²) in [4.78, 5) is 33.2. The molecule has 122 valence electrons. The van der Waals surface area contributed by atoms with Crippen LogP contribution in [0.1, 0.15) is 12.5 Å². The molecule has 2 rings (SSSR count). The minimum Gasteiger partial charge on any atom is -0.326 e. The van der Waals surface area contributed by atoms with Gasteiger partial charge < -0.3 is 10.6 Å². The van der Waals surface area contributed by atoms with Crippen LogP contribution >= 0.6 is 0 Å². The smallest absolute Gasteiger partial charge is 0.276 e. The zero-order valence-corrected chi connectivity index (χ0v) is 12.9. The van der Waals surface area contributed by atoms with Crippen molar-refractivity contribution in [1.29, 1.82) is 0 Å². The van der Waals surface area contributed by atoms with Gasteiger partial charge in [0.2, 0.25) is 11.8 Å². The highest BCUT2D eigenvalue weighted by Crippen LogP contribution is 2.19. The molecule has 0 aliphatic rings. The SMILES string of the molecule is CC(=O)Nc1ccc(NC(=O)/C=C/c2ccccc2[N+](=O)[O-])cc1. The highest BCUT2D eigenvalue weighted by Gasteiger charge is 2.09. The van der Waals surface area contributed by atoms with Crippen LogP contribution in [0.3, 0.4) is 0 Å². The maximum atomic E-state index is 11.9. The van der Waals surface area contributed by atoms with E-state index in [1.807, 2.05) is 0 Å². The summed E-state index contributed by atoms with van der Waals surface area (Å²) in [5.74, 6) is -0.598. The molecule has 2 N–H and O–H groups in total. The summed E-state index contributed by atoms with van der Waals surface area (Å²) in [6.07, 6.45) is 2.61. The van der Waals surface area contributed by atoms with Crippen molar-refractivity contribution < 1.29 is 14.5 Å². The number of hydrogen-bond acceptors (Lipinski definition) is 4. The van der Waals surface area contributed by atoms with Crippen LogP contribution < -0.4 is 10.6 Å². The summed E-state index contributed by atoms with van der Waals surface area (Å²) >= 11 is 0. The van der Waals surface area contributed by atoms with E-state index in [1.54, 1.807) is 42.5 Å². The molecule has 0 saturated heterocycles. The van der Waals surface area contributed by atoms with Gasteiger partial charge in [0.15, 0.2) is 0 Å². The molecule has 0 saturated carbocycles. The first-order valence-corrected chi connectivity index (χ1v) is 7.06. The number of nitro groups is 1. The third kappa shape index (κ3) is 4.77. The first-order valence-electron chi connectivity index (χ1n) is 7.06. The molecule has 0 heterocycles. The maximum absolute atomic E-state index is 11.9. The number of rotatable bonds is 5. The van der Waals surface area contributed by atoms with Gasteiger partial charge in [-0.15, -0.1) is 0 Å². The molecule has 7 nitrogen and oxygen atoms in total. The Balaban J connectivity index is 2.03. The molecule has 0 radical (unpaired) electrons. The minimum atomic E-state index is -0.502. The van der Waals surface area contributed by atoms with E-state index in [0.29, 0.717) is 16.9 Å². The largest absolute Gasteiger partial charge is 0.326 e. The van der Waals surface area contributed by atoms with E-state index in [0.717, 1.165) is 0 Å². The third-order valence-corrected chi connectivity index (χ3v) is 3.02. The van der Waals surface area contributed by atoms with Crippen molar-refractivity contribution in [2.75, 3.05) is 10.6 Å². The average Bonchev–Trinajstić information content (AvgIpc) is 2.54. The van der Waals surface area contributed by atoms with Crippen molar-refractivity contribution in [3.05, 3.63) is 70.3 Å². The van der Waals surface area contributed by atoms with E-state index in [1.165, 1.54) is 25.1 Å². The summed E-state index contributed by atoms with van der Waals surface area (Å²) in [6, 6.07) is 12.7. The molecule has 0 fully saturated rings. The van der Waals surface area contributed by atoms with E-state index in [9.17, 15) is 19.7 Å². The van der Waals surface area contributed by atoms with Crippen molar-refractivity contribution in [3.8, 4) is 0 Å². The molecule has 0 atom stereocenters. The van der Waals surface area contributed by atoms with Gasteiger partial charge in [-0.2, -0.15) is 0 Å². The van der Waals surface area contributed by atoms with Crippen LogP contribution in [0.25, 0.3) is 6.08 Å². The van der Waals surface area contributed by atoms with Gasteiger partial charge in [-0.3, -0.25) is 19.7 Å². The fourth-order valence-electron chi connectivity index (χ4n) is 1.98. The summed E-state index contributed by atoms with van der Waals surface area (Å²) in [5.41, 5.74) is 1.44. The van der Waals surface area contributed by atoms with E-state index in [2.05, 4.69) is 10.6 Å². The van der Waals surface area contributed by atoms with E-state index >= 15 is 0 Å². The minimum absolute atomic E-state index is 0.0683. The zero-order chi connectivity index (χ0) is 17.5. The van der Waals surface area contributed by atoms with Crippen LogP contribution in [0.5, 0.6) is 0 Å². The number of hydrogen-bond donors (Lipinski definition) is 2. The van der Waals surface area contributed by atoms with Crippen molar-refractivity contribution in [2.45, 2.75) is 6.92 Å². The number of amides is 2. The lowest BCUT2D eigenvalue weighted by Crippen LogP contribution is -2.08. The zero-order valence-electron chi connectivity index (χ0n) is 12.9. The van der Waals surface area contributed by atoms with Gasteiger partial charge in [0.05, 0.1) is 10.5 Å². The molecule has 2 aromatic carbocycles. The van der Waals surface area contributed by atoms with Gasteiger partial charge in [0.1, 0.15) is 0 Å². The summed E-state index contributed by atoms with van der Waals surface area (Å²) in [5, 5.41) is 16.2. The monoisotopic (exact) mass is 325 g/mol. The Morgan fingerprint density at radius 3 is 2.17 bits per heavy atom. The van der Waals surface area contributed by atoms with Gasteiger partial charge in [-0.1, -0.05) is 12.1 Å². The number of carbonyl (C=O) groups is 2. The lowest BCUT2D eigenvalue weighted by atomic mass is 10.1. The standard InChI is InChI=1S/C17H15N3O4/c1-12(21)18-14-7-9-15(10-8-14)19-17(22)11-6-13-4-2-3-5-16(13)20(23)24/h2-11H,1H3,(H,18,21)(H,19,22)/b11-6+. The number of nitrogens with one attached hydrogen (secondary N) is 2. The Labute approximate surface area is 138 Å². The highest BCUT2D eigenvalue weighted by atomic mass is 16.6. The number of para-hydroxylation sites is 1. The molecule has 0 bridgehead atoms. The quantitative estimate of drug-likeness (QED) is 0.500. The fourth-order valence-corrected chi connectivity index (χ4v) is 1.98. The van der Waals surface area contributed by atoms with Crippen LogP contribution in [-0.2, 0) is 9.59 Å². The van der Waals surface area contributed by atoms with Crippen LogP contribution in [0, 0.1) is 10.1 Å². The number of nitrogens with zero attached hydrogens (tertiary/aromatic N) is 1. The first-order chi connectivity index (χ1) is 11.5. The molecule has 0 unspecified atom stereocenters. The first kappa shape index (κ1) is 16.9. The molecule has 0 aliphatic heterocycles. The van der Waals surface area contributed by atoms with E-state index in [4.69, 9.17) is 0 Å². The third-order valence-electron chi connectivity index (χ3n) is 3.02. The van der Waals surface area contributed by atoms with E-state index in [-0.39, 0.29) is 11.6 Å². The van der Waals surface area contributed by atoms with Gasteiger partial charge in [0.25, 0.3) is 5.69 Å². The van der Waals surface area contributed by atoms with Crippen molar-refractivity contribution in [3.63, 3.8) is 0 Å². The second-order valence-corrected chi connectivity index (χ2v) is 4.90. The predicted octanol–water partition coefficient (Wildman–Crippen LogP) is 3.21. The Morgan fingerprint density at radius 2 is 1.58 bits per heavy atom. The van der Waals surface area contributed by atoms with Crippen LogP contribution in [-0.4, -0.2) is 16.7 Å². The number of anilines is 2. The van der Waals surface area contributed by atoms with Crippen LogP contribution in [0.2, 0.25) is 0 Å². The number of nitro benzene ring substituents is 1. The maximum Gasteiger partial charge on any atom is 0.276 e. The van der Waals surface area contributed by atoms with Gasteiger partial charge >= 0.3 is 0 Å². The van der Waals surface area contributed by atoms with E-state index < -0.39 is 10.8 Å². The lowest BCUT2D eigenvalue weighted by Gasteiger charge is -2.05. The molecule has 7 heteroatoms. The molecule has 0 spiro atoms. The Kier molecular flexibility index (Phi) is 5.40. The molecule has 2 amide bonds. The summed E-state index contributed by atoms with van der Waals surface area (Å²) in [6.45, 7) is 1.41. The lowest BCUT2D eigenvalue weighted by molar-refractivity contribution is -0.385. The van der Waals surface area contributed by atoms with Gasteiger partial charge in [-0.25, -0.2) is 0 Å². The van der Waals surface area contributed by atoms with Gasteiger partial charge in [0, 0.05) is 30.4 Å². The average molecular weight is 325 g/mol. The Hall–Kier alpha value is -3.48. The predicted molar refractivity (Wildman–Crippen MR) is 91.5 cm³/mol. The summed E-state index contributed by atoms with van der Waals surface area (Å²) < 4.78 is 0. The Morgan fingerprint density at radius 1 is 1.00 bits per heavy atom. The Bertz CT molecular complexity index is 798. The van der Waals surface area contributed by atoms with Crippen LogP contribution in [0.4, 0.5) is 17.1 Å². The molecule has 24 heavy (non-hydrogen) atoms. The van der Waals surface area contributed by atoms with Crippen LogP contribution in [0.15, 0.2) is 54.6 Å². The van der Waals surface area contributed by atoms with Gasteiger partial charge in [-0.05, 0) is 36.4 Å². The normalized spacial score (nSPS) is 10.4. The molecular weight excluding hydrogens is 310 g/mol. The molecule has 0 aromatic heterocycles. The summed E-state index contributed by atoms with van der Waals surface area (Å²) in [7, 11) is 0. The highest BCUT2D eigenvalue weighted by molar-refractivity contribution is 6.02. The fraction of sp³-hybridized carbons (Fsp3) is 0.0588. The topological polar surface area (TPSA) is 101 Å². The number of carbonyl (C=O) groups excluding carboxylic acids is 2.